The summed E-state index contributed by atoms with van der Waals surface area (Å²) in [6.45, 7) is -0.166. The van der Waals surface area contributed by atoms with Gasteiger partial charge in [0, 0.05) is 13.0 Å². The average molecular weight is 309 g/mol. The minimum atomic E-state index is -2.81. The van der Waals surface area contributed by atoms with E-state index in [1.54, 1.807) is 12.1 Å². The van der Waals surface area contributed by atoms with Crippen LogP contribution < -0.4 is 10.6 Å². The van der Waals surface area contributed by atoms with E-state index >= 15 is 0 Å². The minimum absolute atomic E-state index is 0. The smallest absolute Gasteiger partial charge is 0.262 e. The molecule has 1 saturated heterocycles. The highest BCUT2D eigenvalue weighted by Gasteiger charge is 2.42. The highest BCUT2D eigenvalue weighted by Crippen LogP contribution is 2.24. The second-order valence-electron chi connectivity index (χ2n) is 4.66. The summed E-state index contributed by atoms with van der Waals surface area (Å²) in [4.78, 5) is 11.6. The van der Waals surface area contributed by atoms with E-state index in [1.165, 1.54) is 12.1 Å². The fourth-order valence-corrected chi connectivity index (χ4v) is 2.05. The highest BCUT2D eigenvalue weighted by molar-refractivity contribution is 5.85. The van der Waals surface area contributed by atoms with Crippen LogP contribution in [0.5, 0.6) is 0 Å². The van der Waals surface area contributed by atoms with Gasteiger partial charge in [-0.15, -0.1) is 12.4 Å². The molecule has 1 fully saturated rings. The van der Waals surface area contributed by atoms with Crippen molar-refractivity contribution < 1.29 is 18.0 Å². The van der Waals surface area contributed by atoms with Crippen molar-refractivity contribution in [2.24, 2.45) is 0 Å². The van der Waals surface area contributed by atoms with E-state index in [0.717, 1.165) is 5.56 Å². The van der Waals surface area contributed by atoms with Crippen LogP contribution in [0.25, 0.3) is 0 Å². The Kier molecular flexibility index (Phi) is 5.83. The van der Waals surface area contributed by atoms with Crippen LogP contribution in [0.3, 0.4) is 0 Å². The van der Waals surface area contributed by atoms with E-state index in [0.29, 0.717) is 13.0 Å². The van der Waals surface area contributed by atoms with Crippen molar-refractivity contribution in [2.75, 3.05) is 13.1 Å². The lowest BCUT2D eigenvalue weighted by atomic mass is 10.1. The molecule has 1 amide bonds. The van der Waals surface area contributed by atoms with E-state index < -0.39 is 30.8 Å². The molecule has 1 aliphatic heterocycles. The highest BCUT2D eigenvalue weighted by atomic mass is 35.5. The Morgan fingerprint density at radius 3 is 2.80 bits per heavy atom. The molecule has 7 heteroatoms. The van der Waals surface area contributed by atoms with E-state index in [4.69, 9.17) is 0 Å². The van der Waals surface area contributed by atoms with Crippen LogP contribution in [-0.2, 0) is 11.2 Å². The van der Waals surface area contributed by atoms with Crippen LogP contribution in [0.1, 0.15) is 12.0 Å². The molecule has 2 N–H and O–H groups in total. The summed E-state index contributed by atoms with van der Waals surface area (Å²) in [6.07, 6.45) is -0.00852. The van der Waals surface area contributed by atoms with Gasteiger partial charge in [-0.1, -0.05) is 12.1 Å². The normalized spacial score (nSPS) is 20.2. The molecule has 1 aromatic rings. The number of halogens is 4. The molecule has 1 aromatic carbocycles. The summed E-state index contributed by atoms with van der Waals surface area (Å²) in [5, 5.41) is 5.06. The van der Waals surface area contributed by atoms with Crippen molar-refractivity contribution in [2.45, 2.75) is 24.8 Å². The quantitative estimate of drug-likeness (QED) is 0.892. The Bertz CT molecular complexity index is 471. The van der Waals surface area contributed by atoms with Crippen molar-refractivity contribution in [1.82, 2.24) is 10.6 Å². The Hall–Kier alpha value is -1.27. The van der Waals surface area contributed by atoms with Crippen LogP contribution in [0.2, 0.25) is 0 Å². The molecule has 0 bridgehead atoms. The maximum absolute atomic E-state index is 12.9. The molecule has 20 heavy (non-hydrogen) atoms. The first kappa shape index (κ1) is 16.8. The summed E-state index contributed by atoms with van der Waals surface area (Å²) in [6, 6.07) is 5.21. The van der Waals surface area contributed by atoms with E-state index in [9.17, 15) is 18.0 Å². The number of rotatable bonds is 4. The lowest BCUT2D eigenvalue weighted by Crippen LogP contribution is -2.41. The van der Waals surface area contributed by atoms with Crippen molar-refractivity contribution >= 4 is 18.3 Å². The third kappa shape index (κ3) is 4.68. The first-order valence-corrected chi connectivity index (χ1v) is 6.10. The predicted octanol–water partition coefficient (Wildman–Crippen LogP) is 1.90. The van der Waals surface area contributed by atoms with Gasteiger partial charge in [0.15, 0.2) is 0 Å². The fourth-order valence-electron chi connectivity index (χ4n) is 2.05. The van der Waals surface area contributed by atoms with Gasteiger partial charge in [0.2, 0.25) is 5.91 Å². The molecule has 1 aliphatic rings. The molecule has 1 heterocycles. The largest absolute Gasteiger partial charge is 0.354 e. The molecule has 0 spiro atoms. The fraction of sp³-hybridized carbons (Fsp3) is 0.462. The van der Waals surface area contributed by atoms with Gasteiger partial charge in [-0.3, -0.25) is 10.1 Å². The Labute approximate surface area is 121 Å². The second kappa shape index (κ2) is 6.95. The third-order valence-electron chi connectivity index (χ3n) is 3.03. The Balaban J connectivity index is 0.00000200. The lowest BCUT2D eigenvalue weighted by molar-refractivity contribution is -0.123. The van der Waals surface area contributed by atoms with Gasteiger partial charge < -0.3 is 5.32 Å². The number of hydrogen-bond acceptors (Lipinski definition) is 2. The first-order valence-electron chi connectivity index (χ1n) is 6.10. The number of benzene rings is 1. The van der Waals surface area contributed by atoms with Crippen LogP contribution in [0, 0.1) is 5.82 Å². The van der Waals surface area contributed by atoms with Gasteiger partial charge in [-0.2, -0.15) is 0 Å². The molecule has 0 saturated carbocycles. The van der Waals surface area contributed by atoms with Crippen LogP contribution in [-0.4, -0.2) is 31.0 Å². The number of carbonyl (C=O) groups is 1. The molecule has 0 aliphatic carbocycles. The zero-order valence-electron chi connectivity index (χ0n) is 10.7. The number of carbonyl (C=O) groups excluding carboxylic acids is 1. The number of amides is 1. The zero-order chi connectivity index (χ0) is 13.9. The Morgan fingerprint density at radius 2 is 2.20 bits per heavy atom. The standard InChI is InChI=1S/C13H15F3N2O.ClH/c14-10-3-1-2-9(6-10)4-5-17-12(19)11-7-13(15,16)8-18-11;/h1-3,6,11,18H,4-5,7-8H2,(H,17,19);1H. The Morgan fingerprint density at radius 1 is 1.45 bits per heavy atom. The first-order chi connectivity index (χ1) is 8.96. The molecule has 0 aromatic heterocycles. The molecule has 2 rings (SSSR count). The number of hydrogen-bond donors (Lipinski definition) is 2. The number of alkyl halides is 2. The van der Waals surface area contributed by atoms with Crippen molar-refractivity contribution in [3.63, 3.8) is 0 Å². The van der Waals surface area contributed by atoms with Gasteiger partial charge >= 0.3 is 0 Å². The summed E-state index contributed by atoms with van der Waals surface area (Å²) >= 11 is 0. The maximum atomic E-state index is 12.9. The maximum Gasteiger partial charge on any atom is 0.262 e. The molecule has 1 atom stereocenters. The SMILES string of the molecule is Cl.O=C(NCCc1cccc(F)c1)C1CC(F)(F)CN1. The lowest BCUT2D eigenvalue weighted by Gasteiger charge is -2.11. The average Bonchev–Trinajstić information content (AvgIpc) is 2.70. The zero-order valence-corrected chi connectivity index (χ0v) is 11.5. The molecular formula is C13H16ClF3N2O. The van der Waals surface area contributed by atoms with E-state index in [1.807, 2.05) is 0 Å². The van der Waals surface area contributed by atoms with Gasteiger partial charge in [0.25, 0.3) is 5.92 Å². The number of nitrogens with one attached hydrogen (secondary N) is 2. The minimum Gasteiger partial charge on any atom is -0.354 e. The van der Waals surface area contributed by atoms with Crippen molar-refractivity contribution in [3.8, 4) is 0 Å². The topological polar surface area (TPSA) is 41.1 Å². The molecule has 112 valence electrons. The van der Waals surface area contributed by atoms with Gasteiger partial charge in [-0.05, 0) is 24.1 Å². The van der Waals surface area contributed by atoms with Crippen LogP contribution in [0.4, 0.5) is 13.2 Å². The van der Waals surface area contributed by atoms with Crippen molar-refractivity contribution in [1.29, 1.82) is 0 Å². The summed E-state index contributed by atoms with van der Waals surface area (Å²) in [5.74, 6) is -3.58. The van der Waals surface area contributed by atoms with Gasteiger partial charge in [-0.25, -0.2) is 13.2 Å². The van der Waals surface area contributed by atoms with Gasteiger partial charge in [0.05, 0.1) is 12.6 Å². The predicted molar refractivity (Wildman–Crippen MR) is 71.7 cm³/mol. The second-order valence-corrected chi connectivity index (χ2v) is 4.66. The monoisotopic (exact) mass is 308 g/mol. The molecule has 1 unspecified atom stereocenters. The summed E-state index contributed by atoms with van der Waals surface area (Å²) in [5.41, 5.74) is 0.755. The summed E-state index contributed by atoms with van der Waals surface area (Å²) < 4.78 is 38.7. The summed E-state index contributed by atoms with van der Waals surface area (Å²) in [7, 11) is 0. The van der Waals surface area contributed by atoms with E-state index in [-0.39, 0.29) is 18.2 Å². The third-order valence-corrected chi connectivity index (χ3v) is 3.03. The van der Waals surface area contributed by atoms with E-state index in [2.05, 4.69) is 10.6 Å². The van der Waals surface area contributed by atoms with Gasteiger partial charge in [0.1, 0.15) is 5.82 Å². The molecule has 0 radical (unpaired) electrons. The van der Waals surface area contributed by atoms with Crippen LogP contribution in [0.15, 0.2) is 24.3 Å². The van der Waals surface area contributed by atoms with Crippen molar-refractivity contribution in [3.05, 3.63) is 35.6 Å². The molecule has 3 nitrogen and oxygen atoms in total. The molecular weight excluding hydrogens is 293 g/mol. The van der Waals surface area contributed by atoms with Crippen LogP contribution >= 0.6 is 12.4 Å².